The first-order valence-corrected chi connectivity index (χ1v) is 4.08. The van der Waals surface area contributed by atoms with E-state index >= 15 is 0 Å². The third kappa shape index (κ3) is 3.12. The Balaban J connectivity index is 2.52. The second-order valence-electron chi connectivity index (χ2n) is 1.77. The largest absolute Gasteiger partial charge is 0.227 e. The predicted molar refractivity (Wildman–Crippen MR) is 45.4 cm³/mol. The van der Waals surface area contributed by atoms with Crippen molar-refractivity contribution in [2.45, 2.75) is 4.90 Å². The van der Waals surface area contributed by atoms with Gasteiger partial charge in [-0.1, -0.05) is 11.6 Å². The highest BCUT2D eigenvalue weighted by Gasteiger charge is 1.93. The molecule has 60 valence electrons. The summed E-state index contributed by atoms with van der Waals surface area (Å²) in [4.78, 5) is 5.36. The molecule has 0 atom stereocenters. The van der Waals surface area contributed by atoms with E-state index in [1.54, 1.807) is 12.1 Å². The van der Waals surface area contributed by atoms with Crippen molar-refractivity contribution < 1.29 is 9.22 Å². The van der Waals surface area contributed by atoms with Crippen LogP contribution in [0.2, 0.25) is 5.02 Å². The minimum Gasteiger partial charge on any atom is -0.227 e. The van der Waals surface area contributed by atoms with Gasteiger partial charge in [0.05, 0.1) is 19.2 Å². The van der Waals surface area contributed by atoms with E-state index in [1.165, 1.54) is 7.11 Å². The van der Waals surface area contributed by atoms with E-state index in [0.29, 0.717) is 5.02 Å². The summed E-state index contributed by atoms with van der Waals surface area (Å²) in [5, 5.41) is 0.715. The van der Waals surface area contributed by atoms with Gasteiger partial charge in [0.1, 0.15) is 0 Å². The van der Waals surface area contributed by atoms with E-state index in [9.17, 15) is 0 Å². The summed E-state index contributed by atoms with van der Waals surface area (Å²) >= 11 is 6.81. The molecular formula is C7H7ClO2S. The molecule has 1 aromatic rings. The second-order valence-corrected chi connectivity index (χ2v) is 2.98. The van der Waals surface area contributed by atoms with Gasteiger partial charge in [-0.2, -0.15) is 4.33 Å². The topological polar surface area (TPSA) is 18.5 Å². The molecular weight excluding hydrogens is 184 g/mol. The molecule has 0 aliphatic heterocycles. The van der Waals surface area contributed by atoms with E-state index < -0.39 is 0 Å². The van der Waals surface area contributed by atoms with E-state index in [4.69, 9.17) is 11.6 Å². The van der Waals surface area contributed by atoms with Gasteiger partial charge in [0, 0.05) is 9.92 Å². The van der Waals surface area contributed by atoms with E-state index in [1.807, 2.05) is 12.1 Å². The number of hydrogen-bond donors (Lipinski definition) is 0. The molecule has 2 nitrogen and oxygen atoms in total. The Hall–Kier alpha value is -0.220. The van der Waals surface area contributed by atoms with Gasteiger partial charge in [0.15, 0.2) is 0 Å². The Morgan fingerprint density at radius 3 is 2.45 bits per heavy atom. The molecule has 1 rings (SSSR count). The van der Waals surface area contributed by atoms with Gasteiger partial charge in [-0.15, -0.1) is 0 Å². The van der Waals surface area contributed by atoms with Crippen molar-refractivity contribution in [1.29, 1.82) is 0 Å². The third-order valence-corrected chi connectivity index (χ3v) is 1.93. The van der Waals surface area contributed by atoms with Crippen molar-refractivity contribution in [3.05, 3.63) is 29.3 Å². The molecule has 4 heteroatoms. The van der Waals surface area contributed by atoms with Crippen LogP contribution in [0.3, 0.4) is 0 Å². The van der Waals surface area contributed by atoms with Crippen LogP contribution in [0.15, 0.2) is 29.2 Å². The highest BCUT2D eigenvalue weighted by atomic mass is 35.5. The molecule has 0 N–H and O–H groups in total. The zero-order valence-electron chi connectivity index (χ0n) is 5.91. The summed E-state index contributed by atoms with van der Waals surface area (Å²) in [7, 11) is 1.46. The van der Waals surface area contributed by atoms with E-state index in [2.05, 4.69) is 9.22 Å². The highest BCUT2D eigenvalue weighted by Crippen LogP contribution is 2.20. The molecule has 0 amide bonds. The van der Waals surface area contributed by atoms with Gasteiger partial charge < -0.3 is 0 Å². The standard InChI is InChI=1S/C7H7ClO2S/c1-9-10-11-7-4-2-6(8)3-5-7/h2-5H,1H3. The number of rotatable bonds is 3. The fourth-order valence-corrected chi connectivity index (χ4v) is 1.08. The molecule has 1 aromatic carbocycles. The Kier molecular flexibility index (Phi) is 3.72. The van der Waals surface area contributed by atoms with E-state index in [0.717, 1.165) is 16.9 Å². The molecule has 0 bridgehead atoms. The monoisotopic (exact) mass is 190 g/mol. The quantitative estimate of drug-likeness (QED) is 0.415. The molecule has 0 unspecified atom stereocenters. The minimum absolute atomic E-state index is 0.715. The second kappa shape index (κ2) is 4.62. The van der Waals surface area contributed by atoms with Crippen molar-refractivity contribution in [2.75, 3.05) is 7.11 Å². The lowest BCUT2D eigenvalue weighted by atomic mass is 10.4. The molecule has 0 fully saturated rings. The molecule has 11 heavy (non-hydrogen) atoms. The van der Waals surface area contributed by atoms with Gasteiger partial charge in [-0.3, -0.25) is 0 Å². The van der Waals surface area contributed by atoms with Gasteiger partial charge in [0.2, 0.25) is 0 Å². The van der Waals surface area contributed by atoms with Crippen LogP contribution in [0.1, 0.15) is 0 Å². The van der Waals surface area contributed by atoms with E-state index in [-0.39, 0.29) is 0 Å². The van der Waals surface area contributed by atoms with Crippen molar-refractivity contribution in [1.82, 2.24) is 0 Å². The lowest BCUT2D eigenvalue weighted by molar-refractivity contribution is -0.160. The van der Waals surface area contributed by atoms with Gasteiger partial charge in [-0.05, 0) is 24.3 Å². The van der Waals surface area contributed by atoms with Crippen LogP contribution in [-0.2, 0) is 9.22 Å². The zero-order valence-corrected chi connectivity index (χ0v) is 7.48. The zero-order chi connectivity index (χ0) is 8.10. The van der Waals surface area contributed by atoms with Crippen molar-refractivity contribution in [3.63, 3.8) is 0 Å². The van der Waals surface area contributed by atoms with Crippen LogP contribution >= 0.6 is 23.6 Å². The molecule has 0 aliphatic carbocycles. The maximum absolute atomic E-state index is 5.66. The maximum atomic E-state index is 5.66. The Labute approximate surface area is 74.6 Å². The Morgan fingerprint density at radius 2 is 1.91 bits per heavy atom. The summed E-state index contributed by atoms with van der Waals surface area (Å²) in [5.74, 6) is 0. The lowest BCUT2D eigenvalue weighted by Crippen LogP contribution is -1.76. The lowest BCUT2D eigenvalue weighted by Gasteiger charge is -1.97. The number of benzene rings is 1. The first kappa shape index (κ1) is 8.87. The normalized spacial score (nSPS) is 10.0. The van der Waals surface area contributed by atoms with Crippen LogP contribution in [0.4, 0.5) is 0 Å². The van der Waals surface area contributed by atoms with Crippen LogP contribution in [0, 0.1) is 0 Å². The molecule has 0 aliphatic rings. The first-order chi connectivity index (χ1) is 5.33. The summed E-state index contributed by atoms with van der Waals surface area (Å²) < 4.78 is 4.63. The molecule has 0 spiro atoms. The summed E-state index contributed by atoms with van der Waals surface area (Å²) in [5.41, 5.74) is 0. The SMILES string of the molecule is COOSc1ccc(Cl)cc1. The molecule has 0 radical (unpaired) electrons. The average Bonchev–Trinajstić information content (AvgIpc) is 2.04. The van der Waals surface area contributed by atoms with Crippen LogP contribution in [0.25, 0.3) is 0 Å². The minimum atomic E-state index is 0.715. The summed E-state index contributed by atoms with van der Waals surface area (Å²) in [6.45, 7) is 0. The average molecular weight is 191 g/mol. The van der Waals surface area contributed by atoms with Crippen LogP contribution in [-0.4, -0.2) is 7.11 Å². The van der Waals surface area contributed by atoms with Crippen LogP contribution in [0.5, 0.6) is 0 Å². The Bertz CT molecular complexity index is 212. The Morgan fingerprint density at radius 1 is 1.27 bits per heavy atom. The van der Waals surface area contributed by atoms with Gasteiger partial charge in [-0.25, -0.2) is 4.89 Å². The first-order valence-electron chi connectivity index (χ1n) is 2.96. The maximum Gasteiger partial charge on any atom is 0.0725 e. The number of hydrogen-bond acceptors (Lipinski definition) is 3. The van der Waals surface area contributed by atoms with Crippen molar-refractivity contribution in [3.8, 4) is 0 Å². The summed E-state index contributed by atoms with van der Waals surface area (Å²) in [6, 6.07) is 7.30. The van der Waals surface area contributed by atoms with Crippen molar-refractivity contribution >= 4 is 23.6 Å². The fraction of sp³-hybridized carbons (Fsp3) is 0.143. The predicted octanol–water partition coefficient (Wildman–Crippen LogP) is 2.93. The molecule has 0 saturated carbocycles. The van der Waals surface area contributed by atoms with Crippen molar-refractivity contribution in [2.24, 2.45) is 0 Å². The van der Waals surface area contributed by atoms with Crippen LogP contribution < -0.4 is 0 Å². The highest BCUT2D eigenvalue weighted by molar-refractivity contribution is 7.94. The summed E-state index contributed by atoms with van der Waals surface area (Å²) in [6.07, 6.45) is 0. The third-order valence-electron chi connectivity index (χ3n) is 1.01. The fourth-order valence-electron chi connectivity index (χ4n) is 0.563. The molecule has 0 aromatic heterocycles. The van der Waals surface area contributed by atoms with Gasteiger partial charge >= 0.3 is 0 Å². The number of halogens is 1. The van der Waals surface area contributed by atoms with Gasteiger partial charge in [0.25, 0.3) is 0 Å². The smallest absolute Gasteiger partial charge is 0.0725 e. The molecule has 0 saturated heterocycles. The molecule has 0 heterocycles.